The van der Waals surface area contributed by atoms with Gasteiger partial charge in [-0.1, -0.05) is 25.1 Å². The fourth-order valence-corrected chi connectivity index (χ4v) is 5.17. The van der Waals surface area contributed by atoms with Gasteiger partial charge in [-0.25, -0.2) is 0 Å². The summed E-state index contributed by atoms with van der Waals surface area (Å²) in [4.78, 5) is 13.4. The Morgan fingerprint density at radius 3 is 2.43 bits per heavy atom. The smallest absolute Gasteiger partial charge is 0.310 e. The summed E-state index contributed by atoms with van der Waals surface area (Å²) in [6.45, 7) is 2.80. The number of rotatable bonds is 7. The van der Waals surface area contributed by atoms with E-state index in [1.165, 1.54) is 7.11 Å². The second-order valence-electron chi connectivity index (χ2n) is 8.68. The van der Waals surface area contributed by atoms with Crippen LogP contribution in [0.2, 0.25) is 0 Å². The molecule has 35 heavy (non-hydrogen) atoms. The standard InChI is InChI=1S/C28H28O7/c1-4-11-33-18-7-8-19-21(13-18)26(20-9-6-17(31-2)14-22(20)29)27(28(30)32-3)25(19)16-5-10-23-24(12-16)35-15-34-23/h5-10,12-14,25-27,29H,4,11,15H2,1-3H3/t25-,26+,27-/m0/s1. The summed E-state index contributed by atoms with van der Waals surface area (Å²) in [6, 6.07) is 16.8. The van der Waals surface area contributed by atoms with Crippen molar-refractivity contribution in [1.82, 2.24) is 0 Å². The topological polar surface area (TPSA) is 83.5 Å². The maximum absolute atomic E-state index is 13.4. The fourth-order valence-electron chi connectivity index (χ4n) is 5.17. The van der Waals surface area contributed by atoms with Crippen LogP contribution in [0.4, 0.5) is 0 Å². The Morgan fingerprint density at radius 2 is 1.69 bits per heavy atom. The van der Waals surface area contributed by atoms with Gasteiger partial charge < -0.3 is 28.8 Å². The molecule has 182 valence electrons. The molecule has 0 bridgehead atoms. The molecule has 1 heterocycles. The van der Waals surface area contributed by atoms with E-state index in [-0.39, 0.29) is 24.4 Å². The lowest BCUT2D eigenvalue weighted by atomic mass is 9.79. The molecule has 0 saturated heterocycles. The number of ether oxygens (including phenoxy) is 5. The fraction of sp³-hybridized carbons (Fsp3) is 0.321. The molecule has 7 nitrogen and oxygen atoms in total. The molecule has 0 aromatic heterocycles. The molecule has 5 rings (SSSR count). The highest BCUT2D eigenvalue weighted by molar-refractivity contribution is 5.80. The number of esters is 1. The Bertz CT molecular complexity index is 1250. The Labute approximate surface area is 204 Å². The summed E-state index contributed by atoms with van der Waals surface area (Å²) in [5.41, 5.74) is 3.42. The molecule has 7 heteroatoms. The zero-order valence-corrected chi connectivity index (χ0v) is 19.9. The summed E-state index contributed by atoms with van der Waals surface area (Å²) < 4.78 is 27.6. The van der Waals surface area contributed by atoms with Crippen molar-refractivity contribution in [3.8, 4) is 28.7 Å². The first-order chi connectivity index (χ1) is 17.0. The molecule has 0 radical (unpaired) electrons. The van der Waals surface area contributed by atoms with E-state index in [0.717, 1.165) is 28.9 Å². The van der Waals surface area contributed by atoms with Crippen LogP contribution in [0.3, 0.4) is 0 Å². The molecular formula is C28H28O7. The first-order valence-electron chi connectivity index (χ1n) is 11.7. The lowest BCUT2D eigenvalue weighted by Gasteiger charge is -2.25. The van der Waals surface area contributed by atoms with Crippen LogP contribution in [0.25, 0.3) is 0 Å². The minimum absolute atomic E-state index is 0.0559. The number of phenols is 1. The Hall–Kier alpha value is -3.87. The molecule has 0 spiro atoms. The first kappa shape index (κ1) is 22.9. The molecule has 0 fully saturated rings. The van der Waals surface area contributed by atoms with E-state index in [4.69, 9.17) is 23.7 Å². The minimum Gasteiger partial charge on any atom is -0.508 e. The molecule has 3 aromatic carbocycles. The molecule has 0 amide bonds. The van der Waals surface area contributed by atoms with E-state index in [0.29, 0.717) is 29.4 Å². The molecule has 1 aliphatic heterocycles. The van der Waals surface area contributed by atoms with Crippen molar-refractivity contribution in [3.05, 3.63) is 76.9 Å². The van der Waals surface area contributed by atoms with Gasteiger partial charge in [0.25, 0.3) is 0 Å². The van der Waals surface area contributed by atoms with Crippen molar-refractivity contribution >= 4 is 5.97 Å². The van der Waals surface area contributed by atoms with E-state index in [2.05, 4.69) is 6.92 Å². The highest BCUT2D eigenvalue weighted by Gasteiger charge is 2.48. The Morgan fingerprint density at radius 1 is 0.914 bits per heavy atom. The van der Waals surface area contributed by atoms with Crippen LogP contribution in [0.5, 0.6) is 28.7 Å². The zero-order valence-electron chi connectivity index (χ0n) is 19.9. The summed E-state index contributed by atoms with van der Waals surface area (Å²) in [5, 5.41) is 11.0. The molecule has 3 atom stereocenters. The third kappa shape index (κ3) is 4.01. The number of benzene rings is 3. The maximum atomic E-state index is 13.4. The van der Waals surface area contributed by atoms with E-state index in [1.807, 2.05) is 36.4 Å². The van der Waals surface area contributed by atoms with Crippen molar-refractivity contribution in [2.75, 3.05) is 27.6 Å². The predicted molar refractivity (Wildman–Crippen MR) is 129 cm³/mol. The second-order valence-corrected chi connectivity index (χ2v) is 8.68. The lowest BCUT2D eigenvalue weighted by Crippen LogP contribution is -2.25. The van der Waals surface area contributed by atoms with Gasteiger partial charge in [-0.15, -0.1) is 0 Å². The monoisotopic (exact) mass is 476 g/mol. The van der Waals surface area contributed by atoms with E-state index in [1.54, 1.807) is 25.3 Å². The van der Waals surface area contributed by atoms with E-state index >= 15 is 0 Å². The van der Waals surface area contributed by atoms with Crippen molar-refractivity contribution in [1.29, 1.82) is 0 Å². The largest absolute Gasteiger partial charge is 0.508 e. The second kappa shape index (κ2) is 9.41. The normalized spacial score (nSPS) is 19.8. The van der Waals surface area contributed by atoms with Crippen LogP contribution in [-0.4, -0.2) is 38.7 Å². The Kier molecular flexibility index (Phi) is 6.16. The third-order valence-electron chi connectivity index (χ3n) is 6.72. The molecule has 2 aliphatic rings. The highest BCUT2D eigenvalue weighted by atomic mass is 16.7. The van der Waals surface area contributed by atoms with Crippen molar-refractivity contribution in [3.63, 3.8) is 0 Å². The summed E-state index contributed by atoms with van der Waals surface area (Å²) >= 11 is 0. The van der Waals surface area contributed by atoms with Gasteiger partial charge in [0.2, 0.25) is 6.79 Å². The van der Waals surface area contributed by atoms with Gasteiger partial charge in [0.15, 0.2) is 11.5 Å². The average molecular weight is 477 g/mol. The zero-order chi connectivity index (χ0) is 24.5. The third-order valence-corrected chi connectivity index (χ3v) is 6.72. The summed E-state index contributed by atoms with van der Waals surface area (Å²) in [7, 11) is 2.94. The van der Waals surface area contributed by atoms with Gasteiger partial charge in [-0.3, -0.25) is 4.79 Å². The van der Waals surface area contributed by atoms with Gasteiger partial charge in [0.05, 0.1) is 26.7 Å². The molecule has 3 aromatic rings. The van der Waals surface area contributed by atoms with Crippen LogP contribution in [0.1, 0.15) is 47.4 Å². The highest BCUT2D eigenvalue weighted by Crippen LogP contribution is 2.56. The summed E-state index contributed by atoms with van der Waals surface area (Å²) in [6.07, 6.45) is 0.879. The molecular weight excluding hydrogens is 448 g/mol. The SMILES string of the molecule is CCCOc1ccc2c(c1)[C@@H](c1ccc(OC)cc1O)[C@@H](C(=O)OC)[C@H]2c1ccc2c(c1)OCO2. The number of phenolic OH excluding ortho intramolecular Hbond substituents is 1. The van der Waals surface area contributed by atoms with Crippen molar-refractivity contribution in [2.24, 2.45) is 5.92 Å². The number of fused-ring (bicyclic) bond motifs is 2. The van der Waals surface area contributed by atoms with Gasteiger partial charge in [0, 0.05) is 23.5 Å². The Balaban J connectivity index is 1.70. The quantitative estimate of drug-likeness (QED) is 0.481. The van der Waals surface area contributed by atoms with Crippen LogP contribution in [-0.2, 0) is 9.53 Å². The van der Waals surface area contributed by atoms with Crippen LogP contribution < -0.4 is 18.9 Å². The van der Waals surface area contributed by atoms with E-state index in [9.17, 15) is 9.90 Å². The van der Waals surface area contributed by atoms with Crippen molar-refractivity contribution < 1.29 is 33.6 Å². The van der Waals surface area contributed by atoms with Gasteiger partial charge in [0.1, 0.15) is 17.2 Å². The first-order valence-corrected chi connectivity index (χ1v) is 11.7. The minimum atomic E-state index is -0.615. The van der Waals surface area contributed by atoms with E-state index < -0.39 is 11.8 Å². The number of methoxy groups -OCH3 is 2. The van der Waals surface area contributed by atoms with Gasteiger partial charge in [-0.2, -0.15) is 0 Å². The molecule has 0 saturated carbocycles. The number of carbonyl (C=O) groups is 1. The maximum Gasteiger partial charge on any atom is 0.310 e. The number of hydrogen-bond acceptors (Lipinski definition) is 7. The average Bonchev–Trinajstić information content (AvgIpc) is 3.48. The predicted octanol–water partition coefficient (Wildman–Crippen LogP) is 4.98. The molecule has 1 aliphatic carbocycles. The lowest BCUT2D eigenvalue weighted by molar-refractivity contribution is -0.146. The van der Waals surface area contributed by atoms with Gasteiger partial charge in [-0.05, 0) is 53.4 Å². The number of aromatic hydroxyl groups is 1. The van der Waals surface area contributed by atoms with Gasteiger partial charge >= 0.3 is 5.97 Å². The van der Waals surface area contributed by atoms with Crippen LogP contribution >= 0.6 is 0 Å². The molecule has 1 N–H and O–H groups in total. The number of carbonyl (C=O) groups excluding carboxylic acids is 1. The molecule has 0 unspecified atom stereocenters. The van der Waals surface area contributed by atoms with Crippen molar-refractivity contribution in [2.45, 2.75) is 25.2 Å². The summed E-state index contributed by atoms with van der Waals surface area (Å²) in [5.74, 6) is 0.879. The number of hydrogen-bond donors (Lipinski definition) is 1. The van der Waals surface area contributed by atoms with Crippen LogP contribution in [0.15, 0.2) is 54.6 Å². The van der Waals surface area contributed by atoms with Crippen LogP contribution in [0, 0.1) is 5.92 Å².